The molecule has 0 fully saturated rings. The smallest absolute Gasteiger partial charge is 0.0933 e. The molecule has 1 aliphatic rings. The van der Waals surface area contributed by atoms with E-state index >= 15 is 0 Å². The fraction of sp³-hybridized carbons (Fsp3) is 0.111. The zero-order valence-corrected chi connectivity index (χ0v) is 14.5. The molecule has 4 heteroatoms. The summed E-state index contributed by atoms with van der Waals surface area (Å²) in [5.74, 6) is 0. The standard InChI is InChI=1S/C18H12Cl4/c19-15-7-3-1-5-12(15)13-11-18(22,10-9-16(13)20)14-6-2-4-8-17(14)21/h1-10H,11H2. The molecular weight excluding hydrogens is 358 g/mol. The Morgan fingerprint density at radius 3 is 2.14 bits per heavy atom. The number of alkyl halides is 1. The predicted octanol–water partition coefficient (Wildman–Crippen LogP) is 7.04. The van der Waals surface area contributed by atoms with E-state index in [9.17, 15) is 0 Å². The summed E-state index contributed by atoms with van der Waals surface area (Å²) >= 11 is 25.9. The van der Waals surface area contributed by atoms with Gasteiger partial charge in [0.25, 0.3) is 0 Å². The van der Waals surface area contributed by atoms with Crippen LogP contribution >= 0.6 is 46.4 Å². The third-order valence-corrected chi connectivity index (χ3v) is 5.21. The predicted molar refractivity (Wildman–Crippen MR) is 97.0 cm³/mol. The number of halogens is 4. The average molecular weight is 370 g/mol. The van der Waals surface area contributed by atoms with Crippen molar-refractivity contribution in [2.75, 3.05) is 0 Å². The first kappa shape index (κ1) is 16.0. The molecule has 0 nitrogen and oxygen atoms in total. The molecule has 0 radical (unpaired) electrons. The Balaban J connectivity index is 2.07. The van der Waals surface area contributed by atoms with Gasteiger partial charge in [-0.25, -0.2) is 0 Å². The first-order valence-corrected chi connectivity index (χ1v) is 8.29. The van der Waals surface area contributed by atoms with Crippen molar-refractivity contribution in [1.29, 1.82) is 0 Å². The van der Waals surface area contributed by atoms with Gasteiger partial charge >= 0.3 is 0 Å². The fourth-order valence-corrected chi connectivity index (χ4v) is 3.82. The van der Waals surface area contributed by atoms with Crippen LogP contribution in [-0.2, 0) is 4.87 Å². The third-order valence-electron chi connectivity index (χ3n) is 3.74. The molecule has 0 aliphatic heterocycles. The second-order valence-electron chi connectivity index (χ2n) is 5.16. The van der Waals surface area contributed by atoms with E-state index in [1.807, 2.05) is 60.7 Å². The van der Waals surface area contributed by atoms with Crippen molar-refractivity contribution >= 4 is 52.0 Å². The fourth-order valence-electron chi connectivity index (χ4n) is 2.62. The topological polar surface area (TPSA) is 0 Å². The Morgan fingerprint density at radius 1 is 0.818 bits per heavy atom. The van der Waals surface area contributed by atoms with Crippen molar-refractivity contribution in [1.82, 2.24) is 0 Å². The summed E-state index contributed by atoms with van der Waals surface area (Å²) < 4.78 is 0. The van der Waals surface area contributed by atoms with Crippen LogP contribution in [0.1, 0.15) is 17.5 Å². The molecular formula is C18H12Cl4. The number of benzene rings is 2. The highest BCUT2D eigenvalue weighted by atomic mass is 35.5. The molecule has 3 rings (SSSR count). The van der Waals surface area contributed by atoms with Gasteiger partial charge in [0, 0.05) is 21.5 Å². The van der Waals surface area contributed by atoms with Gasteiger partial charge in [-0.3, -0.25) is 0 Å². The number of hydrogen-bond acceptors (Lipinski definition) is 0. The lowest BCUT2D eigenvalue weighted by molar-refractivity contribution is 0.775. The van der Waals surface area contributed by atoms with Crippen LogP contribution in [-0.4, -0.2) is 0 Å². The van der Waals surface area contributed by atoms with Gasteiger partial charge < -0.3 is 0 Å². The van der Waals surface area contributed by atoms with E-state index in [4.69, 9.17) is 46.4 Å². The molecule has 0 spiro atoms. The van der Waals surface area contributed by atoms with Gasteiger partial charge in [0.2, 0.25) is 0 Å². The van der Waals surface area contributed by atoms with Crippen LogP contribution < -0.4 is 0 Å². The zero-order chi connectivity index (χ0) is 15.7. The monoisotopic (exact) mass is 368 g/mol. The van der Waals surface area contributed by atoms with Crippen LogP contribution in [0.5, 0.6) is 0 Å². The summed E-state index contributed by atoms with van der Waals surface area (Å²) in [6.07, 6.45) is 4.23. The van der Waals surface area contributed by atoms with Gasteiger partial charge in [-0.1, -0.05) is 77.3 Å². The highest BCUT2D eigenvalue weighted by Gasteiger charge is 2.34. The maximum absolute atomic E-state index is 6.86. The van der Waals surface area contributed by atoms with Crippen LogP contribution in [0.15, 0.2) is 65.7 Å². The lowest BCUT2D eigenvalue weighted by Gasteiger charge is -2.30. The highest BCUT2D eigenvalue weighted by molar-refractivity contribution is 6.38. The van der Waals surface area contributed by atoms with Gasteiger partial charge in [0.05, 0.1) is 4.87 Å². The maximum atomic E-state index is 6.86. The first-order chi connectivity index (χ1) is 10.5. The molecule has 0 heterocycles. The summed E-state index contributed by atoms with van der Waals surface area (Å²) in [6.45, 7) is 0. The summed E-state index contributed by atoms with van der Waals surface area (Å²) in [5.41, 5.74) is 2.68. The molecule has 2 aromatic carbocycles. The SMILES string of the molecule is ClC1=C(c2ccccc2Cl)CC(Cl)(c2ccccc2Cl)C=C1. The van der Waals surface area contributed by atoms with Gasteiger partial charge in [0.1, 0.15) is 0 Å². The minimum absolute atomic E-state index is 0.525. The van der Waals surface area contributed by atoms with Crippen molar-refractivity contribution in [2.45, 2.75) is 11.3 Å². The van der Waals surface area contributed by atoms with Crippen LogP contribution in [0.4, 0.5) is 0 Å². The Bertz CT molecular complexity index is 776. The largest absolute Gasteiger partial charge is 0.109 e. The molecule has 0 saturated heterocycles. The molecule has 0 bridgehead atoms. The van der Waals surface area contributed by atoms with Gasteiger partial charge in [-0.2, -0.15) is 0 Å². The van der Waals surface area contributed by atoms with Gasteiger partial charge in [0.15, 0.2) is 0 Å². The molecule has 0 N–H and O–H groups in total. The van der Waals surface area contributed by atoms with E-state index in [1.54, 1.807) is 0 Å². The number of allylic oxidation sites excluding steroid dienone is 4. The molecule has 112 valence electrons. The van der Waals surface area contributed by atoms with Crippen LogP contribution in [0, 0.1) is 0 Å². The Kier molecular flexibility index (Phi) is 4.56. The molecule has 2 aromatic rings. The van der Waals surface area contributed by atoms with Crippen molar-refractivity contribution in [3.05, 3.63) is 86.9 Å². The highest BCUT2D eigenvalue weighted by Crippen LogP contribution is 2.48. The second-order valence-corrected chi connectivity index (χ2v) is 7.05. The van der Waals surface area contributed by atoms with E-state index in [-0.39, 0.29) is 0 Å². The number of rotatable bonds is 2. The molecule has 0 aromatic heterocycles. The normalized spacial score (nSPS) is 21.3. The Hall–Kier alpha value is -0.920. The van der Waals surface area contributed by atoms with Crippen molar-refractivity contribution in [2.24, 2.45) is 0 Å². The lowest BCUT2D eigenvalue weighted by Crippen LogP contribution is -2.19. The molecule has 22 heavy (non-hydrogen) atoms. The minimum Gasteiger partial charge on any atom is -0.109 e. The first-order valence-electron chi connectivity index (χ1n) is 6.78. The quantitative estimate of drug-likeness (QED) is 0.498. The average Bonchev–Trinajstić information content (AvgIpc) is 2.51. The maximum Gasteiger partial charge on any atom is 0.0933 e. The van der Waals surface area contributed by atoms with E-state index in [2.05, 4.69) is 0 Å². The second kappa shape index (κ2) is 6.29. The minimum atomic E-state index is -0.731. The summed E-state index contributed by atoms with van der Waals surface area (Å²) in [7, 11) is 0. The zero-order valence-electron chi connectivity index (χ0n) is 11.5. The Labute approximate surface area is 150 Å². The Morgan fingerprint density at radius 2 is 1.45 bits per heavy atom. The van der Waals surface area contributed by atoms with Crippen molar-refractivity contribution < 1.29 is 0 Å². The number of hydrogen-bond donors (Lipinski definition) is 0. The van der Waals surface area contributed by atoms with E-state index < -0.39 is 4.87 Å². The molecule has 0 amide bonds. The van der Waals surface area contributed by atoms with E-state index in [0.29, 0.717) is 21.5 Å². The third kappa shape index (κ3) is 2.94. The van der Waals surface area contributed by atoms with Crippen LogP contribution in [0.2, 0.25) is 10.0 Å². The summed E-state index contributed by atoms with van der Waals surface area (Å²) in [4.78, 5) is -0.731. The summed E-state index contributed by atoms with van der Waals surface area (Å²) in [6, 6.07) is 15.2. The van der Waals surface area contributed by atoms with Crippen LogP contribution in [0.25, 0.3) is 5.57 Å². The molecule has 1 aliphatic carbocycles. The van der Waals surface area contributed by atoms with Crippen molar-refractivity contribution in [3.8, 4) is 0 Å². The lowest BCUT2D eigenvalue weighted by atomic mass is 9.84. The summed E-state index contributed by atoms with van der Waals surface area (Å²) in [5, 5.41) is 1.94. The van der Waals surface area contributed by atoms with E-state index in [0.717, 1.165) is 16.7 Å². The van der Waals surface area contributed by atoms with Crippen molar-refractivity contribution in [3.63, 3.8) is 0 Å². The van der Waals surface area contributed by atoms with Gasteiger partial charge in [-0.05, 0) is 34.9 Å². The molecule has 1 atom stereocenters. The van der Waals surface area contributed by atoms with E-state index in [1.165, 1.54) is 0 Å². The molecule has 0 saturated carbocycles. The van der Waals surface area contributed by atoms with Crippen LogP contribution in [0.3, 0.4) is 0 Å². The van der Waals surface area contributed by atoms with Gasteiger partial charge in [-0.15, -0.1) is 11.6 Å². The molecule has 1 unspecified atom stereocenters.